The zero-order chi connectivity index (χ0) is 22.0. The second-order valence-electron chi connectivity index (χ2n) is 7.59. The molecule has 1 atom stereocenters. The zero-order valence-corrected chi connectivity index (χ0v) is 17.5. The van der Waals surface area contributed by atoms with E-state index in [1.54, 1.807) is 34.2 Å². The lowest BCUT2D eigenvalue weighted by atomic mass is 10.1. The van der Waals surface area contributed by atoms with Gasteiger partial charge in [-0.3, -0.25) is 19.4 Å². The van der Waals surface area contributed by atoms with Gasteiger partial charge in [-0.15, -0.1) is 0 Å². The monoisotopic (exact) mass is 442 g/mol. The van der Waals surface area contributed by atoms with Gasteiger partial charge < -0.3 is 16.0 Å². The minimum Gasteiger partial charge on any atom is -0.368 e. The smallest absolute Gasteiger partial charge is 0.244 e. The molecule has 1 aromatic carbocycles. The van der Waals surface area contributed by atoms with E-state index in [-0.39, 0.29) is 37.5 Å². The van der Waals surface area contributed by atoms with E-state index in [0.29, 0.717) is 10.8 Å². The summed E-state index contributed by atoms with van der Waals surface area (Å²) in [7, 11) is 0. The molecule has 4 rings (SSSR count). The fraction of sp³-hybridized carbons (Fsp3) is 0.333. The Labute approximate surface area is 184 Å². The maximum atomic E-state index is 13.0. The number of carbonyl (C=O) groups excluding carboxylic acids is 3. The number of primary amides is 1. The molecule has 0 spiro atoms. The molecule has 1 unspecified atom stereocenters. The number of nitrogens with zero attached hydrogens (tertiary/aromatic N) is 3. The van der Waals surface area contributed by atoms with Crippen LogP contribution < -0.4 is 21.5 Å². The first-order valence-corrected chi connectivity index (χ1v) is 10.4. The molecule has 1 fully saturated rings. The number of fused-ring (bicyclic) bond motifs is 1. The minimum absolute atomic E-state index is 0.0135. The van der Waals surface area contributed by atoms with Crippen molar-refractivity contribution in [1.82, 2.24) is 20.6 Å². The SMILES string of the molecule is NC(=O)C1NN(CC(=O)N(CC(=O)NCc2cccc(Cl)n2)C2CC2)c2ccccc21. The van der Waals surface area contributed by atoms with Gasteiger partial charge in [0.15, 0.2) is 0 Å². The first-order valence-electron chi connectivity index (χ1n) is 10.0. The lowest BCUT2D eigenvalue weighted by molar-refractivity contribution is -0.135. The van der Waals surface area contributed by atoms with E-state index in [4.69, 9.17) is 17.3 Å². The molecule has 162 valence electrons. The minimum atomic E-state index is -0.688. The highest BCUT2D eigenvalue weighted by Crippen LogP contribution is 2.33. The zero-order valence-electron chi connectivity index (χ0n) is 16.8. The number of halogens is 1. The third kappa shape index (κ3) is 4.95. The van der Waals surface area contributed by atoms with Gasteiger partial charge in [0.2, 0.25) is 17.7 Å². The first kappa shape index (κ1) is 21.1. The lowest BCUT2D eigenvalue weighted by Gasteiger charge is -2.26. The number of hydrogen-bond donors (Lipinski definition) is 3. The van der Waals surface area contributed by atoms with E-state index < -0.39 is 11.9 Å². The average molecular weight is 443 g/mol. The van der Waals surface area contributed by atoms with E-state index in [2.05, 4.69) is 15.7 Å². The molecule has 2 heterocycles. The van der Waals surface area contributed by atoms with Gasteiger partial charge in [-0.1, -0.05) is 35.9 Å². The summed E-state index contributed by atoms with van der Waals surface area (Å²) in [6.07, 6.45) is 1.73. The van der Waals surface area contributed by atoms with Crippen molar-refractivity contribution >= 4 is 35.0 Å². The molecule has 9 nitrogen and oxygen atoms in total. The van der Waals surface area contributed by atoms with Gasteiger partial charge in [0.1, 0.15) is 17.7 Å². The summed E-state index contributed by atoms with van der Waals surface area (Å²) in [4.78, 5) is 43.0. The average Bonchev–Trinajstić information content (AvgIpc) is 3.52. The molecule has 0 radical (unpaired) electrons. The number of pyridine rings is 1. The topological polar surface area (TPSA) is 121 Å². The van der Waals surface area contributed by atoms with Gasteiger partial charge in [-0.25, -0.2) is 10.4 Å². The van der Waals surface area contributed by atoms with Gasteiger partial charge in [0.25, 0.3) is 0 Å². The Kier molecular flexibility index (Phi) is 6.06. The highest BCUT2D eigenvalue weighted by molar-refractivity contribution is 6.29. The fourth-order valence-electron chi connectivity index (χ4n) is 3.60. The number of amides is 3. The van der Waals surface area contributed by atoms with E-state index >= 15 is 0 Å². The Hall–Kier alpha value is -3.17. The predicted molar refractivity (Wildman–Crippen MR) is 115 cm³/mol. The van der Waals surface area contributed by atoms with Gasteiger partial charge >= 0.3 is 0 Å². The molecule has 0 saturated heterocycles. The molecule has 1 aromatic heterocycles. The number of nitrogens with two attached hydrogens (primary N) is 1. The van der Waals surface area contributed by atoms with Gasteiger partial charge in [-0.05, 0) is 31.0 Å². The number of aromatic nitrogens is 1. The summed E-state index contributed by atoms with van der Waals surface area (Å²) in [6, 6.07) is 11.8. The van der Waals surface area contributed by atoms with E-state index in [1.165, 1.54) is 0 Å². The van der Waals surface area contributed by atoms with Gasteiger partial charge in [-0.2, -0.15) is 0 Å². The molecular formula is C21H23ClN6O3. The second kappa shape index (κ2) is 8.91. The summed E-state index contributed by atoms with van der Waals surface area (Å²) in [6.45, 7) is 0.173. The Balaban J connectivity index is 1.38. The standard InChI is InChI=1S/C21H23ClN6O3/c22-17-7-3-4-13(25-17)10-24-18(29)11-27(14-8-9-14)19(30)12-28-16-6-2-1-5-15(16)20(26-28)21(23)31/h1-7,14,20,26H,8-12H2,(H2,23,31)(H,24,29). The molecule has 2 aromatic rings. The predicted octanol–water partition coefficient (Wildman–Crippen LogP) is 0.893. The van der Waals surface area contributed by atoms with Crippen LogP contribution in [0.5, 0.6) is 0 Å². The van der Waals surface area contributed by atoms with Crippen molar-refractivity contribution in [1.29, 1.82) is 0 Å². The van der Waals surface area contributed by atoms with Crippen molar-refractivity contribution in [3.63, 3.8) is 0 Å². The number of carbonyl (C=O) groups is 3. The number of hydrazine groups is 1. The number of rotatable bonds is 8. The van der Waals surface area contributed by atoms with Crippen LogP contribution in [0.3, 0.4) is 0 Å². The number of hydrogen-bond acceptors (Lipinski definition) is 6. The molecular weight excluding hydrogens is 420 g/mol. The molecule has 3 amide bonds. The normalized spacial score (nSPS) is 17.2. The molecule has 10 heteroatoms. The van der Waals surface area contributed by atoms with Crippen LogP contribution in [0.15, 0.2) is 42.5 Å². The summed E-state index contributed by atoms with van der Waals surface area (Å²) < 4.78 is 0. The van der Waals surface area contributed by atoms with Gasteiger partial charge in [0, 0.05) is 11.6 Å². The van der Waals surface area contributed by atoms with Crippen LogP contribution in [0.4, 0.5) is 5.69 Å². The fourth-order valence-corrected chi connectivity index (χ4v) is 3.78. The van der Waals surface area contributed by atoms with Crippen molar-refractivity contribution in [2.75, 3.05) is 18.1 Å². The highest BCUT2D eigenvalue weighted by Gasteiger charge is 2.37. The number of nitrogens with one attached hydrogen (secondary N) is 2. The molecule has 31 heavy (non-hydrogen) atoms. The Morgan fingerprint density at radius 3 is 2.68 bits per heavy atom. The van der Waals surface area contributed by atoms with E-state index in [9.17, 15) is 14.4 Å². The molecule has 1 aliphatic heterocycles. The number of anilines is 1. The Morgan fingerprint density at radius 2 is 1.97 bits per heavy atom. The quantitative estimate of drug-likeness (QED) is 0.522. The van der Waals surface area contributed by atoms with Crippen LogP contribution in [0.25, 0.3) is 0 Å². The van der Waals surface area contributed by atoms with Crippen LogP contribution in [0, 0.1) is 0 Å². The summed E-state index contributed by atoms with van der Waals surface area (Å²) in [5.74, 6) is -0.992. The second-order valence-corrected chi connectivity index (χ2v) is 7.98. The third-order valence-corrected chi connectivity index (χ3v) is 5.47. The van der Waals surface area contributed by atoms with Crippen LogP contribution in [0.1, 0.15) is 30.1 Å². The largest absolute Gasteiger partial charge is 0.368 e. The van der Waals surface area contributed by atoms with Gasteiger partial charge in [0.05, 0.1) is 24.5 Å². The Morgan fingerprint density at radius 1 is 1.19 bits per heavy atom. The Bertz CT molecular complexity index is 1010. The third-order valence-electron chi connectivity index (χ3n) is 5.26. The number of para-hydroxylation sites is 1. The van der Waals surface area contributed by atoms with Crippen LogP contribution in [-0.2, 0) is 20.9 Å². The molecule has 2 aliphatic rings. The number of benzene rings is 1. The maximum Gasteiger partial charge on any atom is 0.244 e. The van der Waals surface area contributed by atoms with Crippen molar-refractivity contribution in [2.45, 2.75) is 31.5 Å². The van der Waals surface area contributed by atoms with Crippen LogP contribution in [-0.4, -0.2) is 46.7 Å². The summed E-state index contributed by atoms with van der Waals surface area (Å²) in [5.41, 5.74) is 10.6. The van der Waals surface area contributed by atoms with E-state index in [0.717, 1.165) is 24.1 Å². The molecule has 0 bridgehead atoms. The van der Waals surface area contributed by atoms with Crippen molar-refractivity contribution in [3.8, 4) is 0 Å². The molecule has 4 N–H and O–H groups in total. The lowest BCUT2D eigenvalue weighted by Crippen LogP contribution is -2.49. The van der Waals surface area contributed by atoms with Crippen LogP contribution >= 0.6 is 11.6 Å². The van der Waals surface area contributed by atoms with Crippen molar-refractivity contribution in [3.05, 3.63) is 58.9 Å². The summed E-state index contributed by atoms with van der Waals surface area (Å²) in [5, 5.41) is 4.76. The van der Waals surface area contributed by atoms with Crippen molar-refractivity contribution in [2.24, 2.45) is 5.73 Å². The highest BCUT2D eigenvalue weighted by atomic mass is 35.5. The van der Waals surface area contributed by atoms with Crippen LogP contribution in [0.2, 0.25) is 5.15 Å². The maximum absolute atomic E-state index is 13.0. The van der Waals surface area contributed by atoms with E-state index in [1.807, 2.05) is 18.2 Å². The first-order chi connectivity index (χ1) is 14.9. The molecule has 1 aliphatic carbocycles. The summed E-state index contributed by atoms with van der Waals surface area (Å²) >= 11 is 5.87. The molecule has 1 saturated carbocycles. The van der Waals surface area contributed by atoms with Crippen molar-refractivity contribution < 1.29 is 14.4 Å².